The number of hydrogen-bond donors (Lipinski definition) is 2. The fraction of sp³-hybridized carbons (Fsp3) is 0.222. The number of aryl methyl sites for hydroxylation is 1. The molecule has 0 radical (unpaired) electrons. The number of carboxylic acids is 1. The molecule has 5 heteroatoms. The molecule has 1 unspecified atom stereocenters. The fourth-order valence-corrected chi connectivity index (χ4v) is 2.80. The topological polar surface area (TPSA) is 66.4 Å². The molecule has 2 rings (SSSR count). The van der Waals surface area contributed by atoms with E-state index in [1.54, 1.807) is 0 Å². The largest absolute Gasteiger partial charge is 0.481 e. The van der Waals surface area contributed by atoms with Gasteiger partial charge in [-0.1, -0.05) is 42.0 Å². The lowest BCUT2D eigenvalue weighted by atomic mass is 9.94. The van der Waals surface area contributed by atoms with E-state index in [1.807, 2.05) is 55.5 Å². The summed E-state index contributed by atoms with van der Waals surface area (Å²) in [5, 5.41) is 11.9. The molecule has 120 valence electrons. The number of aliphatic carboxylic acids is 1. The molecule has 2 aromatic carbocycles. The van der Waals surface area contributed by atoms with Crippen LogP contribution >= 0.6 is 22.6 Å². The molecule has 0 saturated carbocycles. The zero-order valence-corrected chi connectivity index (χ0v) is 14.9. The van der Waals surface area contributed by atoms with Gasteiger partial charge in [-0.05, 0) is 53.6 Å². The molecule has 23 heavy (non-hydrogen) atoms. The van der Waals surface area contributed by atoms with Gasteiger partial charge < -0.3 is 10.4 Å². The van der Waals surface area contributed by atoms with Crippen LogP contribution in [0.15, 0.2) is 48.5 Å². The second kappa shape index (κ2) is 8.10. The Kier molecular flexibility index (Phi) is 6.15. The Hall–Kier alpha value is -1.89. The summed E-state index contributed by atoms with van der Waals surface area (Å²) in [6.07, 6.45) is 0.213. The molecule has 2 N–H and O–H groups in total. The van der Waals surface area contributed by atoms with Crippen LogP contribution in [-0.2, 0) is 16.0 Å². The van der Waals surface area contributed by atoms with Crippen LogP contribution in [0.4, 0.5) is 5.69 Å². The van der Waals surface area contributed by atoms with Crippen molar-refractivity contribution in [2.24, 2.45) is 5.92 Å². The highest BCUT2D eigenvalue weighted by molar-refractivity contribution is 14.1. The first-order valence-corrected chi connectivity index (χ1v) is 8.36. The average Bonchev–Trinajstić information content (AvgIpc) is 2.50. The van der Waals surface area contributed by atoms with Crippen molar-refractivity contribution in [3.8, 4) is 0 Å². The van der Waals surface area contributed by atoms with Crippen LogP contribution in [0.25, 0.3) is 0 Å². The molecule has 1 amide bonds. The third kappa shape index (κ3) is 5.35. The van der Waals surface area contributed by atoms with Crippen molar-refractivity contribution in [2.75, 3.05) is 5.32 Å². The van der Waals surface area contributed by atoms with Gasteiger partial charge in [-0.25, -0.2) is 0 Å². The number of benzene rings is 2. The maximum Gasteiger partial charge on any atom is 0.304 e. The number of halogens is 1. The van der Waals surface area contributed by atoms with Crippen LogP contribution in [-0.4, -0.2) is 17.0 Å². The minimum absolute atomic E-state index is 0.191. The number of carbonyl (C=O) groups excluding carboxylic acids is 1. The summed E-state index contributed by atoms with van der Waals surface area (Å²) in [6.45, 7) is 1.99. The van der Waals surface area contributed by atoms with Gasteiger partial charge in [-0.15, -0.1) is 0 Å². The second-order valence-corrected chi connectivity index (χ2v) is 6.62. The molecule has 0 aromatic heterocycles. The number of hydrogen-bond acceptors (Lipinski definition) is 2. The molecule has 0 aliphatic heterocycles. The number of rotatable bonds is 6. The monoisotopic (exact) mass is 423 g/mol. The minimum atomic E-state index is -0.972. The second-order valence-electron chi connectivity index (χ2n) is 5.45. The van der Waals surface area contributed by atoms with Gasteiger partial charge in [-0.3, -0.25) is 9.59 Å². The molecule has 0 heterocycles. The van der Waals surface area contributed by atoms with Crippen LogP contribution in [0, 0.1) is 16.4 Å². The van der Waals surface area contributed by atoms with Crippen molar-refractivity contribution in [3.63, 3.8) is 0 Å². The summed E-state index contributed by atoms with van der Waals surface area (Å²) in [5.74, 6) is -1.84. The standard InChI is InChI=1S/C18H18INO3/c1-12-6-8-13(9-7-12)10-14(11-17(21)22)18(23)20-16-5-3-2-4-15(16)19/h2-9,14H,10-11H2,1H3,(H,20,23)(H,21,22). The van der Waals surface area contributed by atoms with E-state index in [0.29, 0.717) is 12.1 Å². The smallest absolute Gasteiger partial charge is 0.304 e. The normalized spacial score (nSPS) is 11.7. The molecule has 0 bridgehead atoms. The van der Waals surface area contributed by atoms with Gasteiger partial charge >= 0.3 is 5.97 Å². The predicted molar refractivity (Wildman–Crippen MR) is 98.4 cm³/mol. The van der Waals surface area contributed by atoms with E-state index < -0.39 is 11.9 Å². The highest BCUT2D eigenvalue weighted by atomic mass is 127. The molecule has 0 fully saturated rings. The maximum atomic E-state index is 12.5. The van der Waals surface area contributed by atoms with Gasteiger partial charge in [0.05, 0.1) is 18.0 Å². The Balaban J connectivity index is 2.13. The molecule has 0 saturated heterocycles. The lowest BCUT2D eigenvalue weighted by molar-refractivity contribution is -0.140. The number of nitrogens with one attached hydrogen (secondary N) is 1. The van der Waals surface area contributed by atoms with Crippen LogP contribution in [0.5, 0.6) is 0 Å². The van der Waals surface area contributed by atoms with E-state index in [0.717, 1.165) is 14.7 Å². The van der Waals surface area contributed by atoms with E-state index in [2.05, 4.69) is 27.9 Å². The summed E-state index contributed by atoms with van der Waals surface area (Å²) in [5.41, 5.74) is 2.80. The van der Waals surface area contributed by atoms with Crippen molar-refractivity contribution in [2.45, 2.75) is 19.8 Å². The van der Waals surface area contributed by atoms with Gasteiger partial charge in [0.1, 0.15) is 0 Å². The number of anilines is 1. The van der Waals surface area contributed by atoms with Crippen molar-refractivity contribution in [1.82, 2.24) is 0 Å². The summed E-state index contributed by atoms with van der Waals surface area (Å²) >= 11 is 2.14. The zero-order chi connectivity index (χ0) is 16.8. The quantitative estimate of drug-likeness (QED) is 0.694. The summed E-state index contributed by atoms with van der Waals surface area (Å²) in [7, 11) is 0. The summed E-state index contributed by atoms with van der Waals surface area (Å²) < 4.78 is 0.919. The minimum Gasteiger partial charge on any atom is -0.481 e. The average molecular weight is 423 g/mol. The molecule has 2 aromatic rings. The Morgan fingerprint density at radius 1 is 1.13 bits per heavy atom. The highest BCUT2D eigenvalue weighted by Gasteiger charge is 2.22. The van der Waals surface area contributed by atoms with Crippen LogP contribution in [0.3, 0.4) is 0 Å². The lowest BCUT2D eigenvalue weighted by Crippen LogP contribution is -2.27. The lowest BCUT2D eigenvalue weighted by Gasteiger charge is -2.16. The molecule has 1 atom stereocenters. The molecular formula is C18H18INO3. The van der Waals surface area contributed by atoms with Gasteiger partial charge in [0.15, 0.2) is 0 Å². The third-order valence-corrected chi connectivity index (χ3v) is 4.47. The van der Waals surface area contributed by atoms with E-state index in [1.165, 1.54) is 0 Å². The van der Waals surface area contributed by atoms with Crippen molar-refractivity contribution < 1.29 is 14.7 Å². The van der Waals surface area contributed by atoms with Gasteiger partial charge in [0, 0.05) is 3.57 Å². The fourth-order valence-electron chi connectivity index (χ4n) is 2.27. The van der Waals surface area contributed by atoms with Crippen LogP contribution < -0.4 is 5.32 Å². The maximum absolute atomic E-state index is 12.5. The van der Waals surface area contributed by atoms with Crippen molar-refractivity contribution in [3.05, 3.63) is 63.2 Å². The van der Waals surface area contributed by atoms with Gasteiger partial charge in [0.2, 0.25) is 5.91 Å². The molecule has 4 nitrogen and oxygen atoms in total. The number of carboxylic acid groups (broad SMARTS) is 1. The number of carbonyl (C=O) groups is 2. The van der Waals surface area contributed by atoms with E-state index in [4.69, 9.17) is 5.11 Å². The Bertz CT molecular complexity index is 698. The third-order valence-electron chi connectivity index (χ3n) is 3.53. The van der Waals surface area contributed by atoms with Crippen molar-refractivity contribution >= 4 is 40.2 Å². The molecule has 0 aliphatic carbocycles. The van der Waals surface area contributed by atoms with Gasteiger partial charge in [-0.2, -0.15) is 0 Å². The number of amides is 1. The Labute approximate surface area is 149 Å². The first kappa shape index (κ1) is 17.5. The SMILES string of the molecule is Cc1ccc(CC(CC(=O)O)C(=O)Nc2ccccc2I)cc1. The molecule has 0 aliphatic rings. The van der Waals surface area contributed by atoms with E-state index in [9.17, 15) is 9.59 Å². The van der Waals surface area contributed by atoms with Crippen molar-refractivity contribution in [1.29, 1.82) is 0 Å². The Morgan fingerprint density at radius 2 is 1.78 bits per heavy atom. The highest BCUT2D eigenvalue weighted by Crippen LogP contribution is 2.20. The van der Waals surface area contributed by atoms with E-state index >= 15 is 0 Å². The van der Waals surface area contributed by atoms with Crippen LogP contribution in [0.1, 0.15) is 17.5 Å². The van der Waals surface area contributed by atoms with E-state index in [-0.39, 0.29) is 12.3 Å². The predicted octanol–water partition coefficient (Wildman–Crippen LogP) is 3.87. The first-order chi connectivity index (χ1) is 11.0. The zero-order valence-electron chi connectivity index (χ0n) is 12.8. The summed E-state index contributed by atoms with van der Waals surface area (Å²) in [4.78, 5) is 23.6. The van der Waals surface area contributed by atoms with Gasteiger partial charge in [0.25, 0.3) is 0 Å². The van der Waals surface area contributed by atoms with Crippen LogP contribution in [0.2, 0.25) is 0 Å². The first-order valence-electron chi connectivity index (χ1n) is 7.28. The molecular weight excluding hydrogens is 405 g/mol. The number of para-hydroxylation sites is 1. The summed E-state index contributed by atoms with van der Waals surface area (Å²) in [6, 6.07) is 15.2. The molecule has 0 spiro atoms. The Morgan fingerprint density at radius 3 is 2.39 bits per heavy atom.